The third kappa shape index (κ3) is 2.66. The normalized spacial score (nSPS) is 12.6. The topological polar surface area (TPSA) is 118 Å². The lowest BCUT2D eigenvalue weighted by Gasteiger charge is -2.11. The maximum Gasteiger partial charge on any atom is 0.356 e. The van der Waals surface area contributed by atoms with Crippen LogP contribution >= 0.6 is 0 Å². The zero-order valence-electron chi connectivity index (χ0n) is 11.8. The van der Waals surface area contributed by atoms with Crippen LogP contribution in [0.25, 0.3) is 5.65 Å². The number of imidazole rings is 1. The molecule has 3 heterocycles. The van der Waals surface area contributed by atoms with E-state index in [1.54, 1.807) is 17.7 Å². The van der Waals surface area contributed by atoms with E-state index in [4.69, 9.17) is 9.84 Å². The Labute approximate surface area is 124 Å². The molecule has 0 bridgehead atoms. The fourth-order valence-corrected chi connectivity index (χ4v) is 2.31. The van der Waals surface area contributed by atoms with E-state index < -0.39 is 5.97 Å². The van der Waals surface area contributed by atoms with Gasteiger partial charge in [-0.3, -0.25) is 0 Å². The van der Waals surface area contributed by atoms with Crippen molar-refractivity contribution in [1.29, 1.82) is 0 Å². The molecule has 3 aromatic heterocycles. The number of nitrogens with one attached hydrogen (secondary N) is 1. The predicted molar refractivity (Wildman–Crippen MR) is 74.4 cm³/mol. The van der Waals surface area contributed by atoms with Gasteiger partial charge in [-0.05, 0) is 24.5 Å². The van der Waals surface area contributed by atoms with Gasteiger partial charge >= 0.3 is 5.97 Å². The van der Waals surface area contributed by atoms with Crippen molar-refractivity contribution in [2.45, 2.75) is 18.9 Å². The second-order valence-electron chi connectivity index (χ2n) is 4.73. The van der Waals surface area contributed by atoms with E-state index in [0.29, 0.717) is 24.3 Å². The van der Waals surface area contributed by atoms with Gasteiger partial charge in [0.15, 0.2) is 5.69 Å². The third-order valence-electron chi connectivity index (χ3n) is 3.39. The average molecular weight is 302 g/mol. The minimum Gasteiger partial charge on any atom is -0.476 e. The Morgan fingerprint density at radius 3 is 3.09 bits per heavy atom. The molecule has 0 saturated carbocycles. The van der Waals surface area contributed by atoms with Crippen LogP contribution in [-0.2, 0) is 11.2 Å². The van der Waals surface area contributed by atoms with Gasteiger partial charge in [0.25, 0.3) is 0 Å². The summed E-state index contributed by atoms with van der Waals surface area (Å²) in [7, 11) is 1.58. The molecule has 0 aliphatic heterocycles. The van der Waals surface area contributed by atoms with Crippen LogP contribution in [0.5, 0.6) is 0 Å². The lowest BCUT2D eigenvalue weighted by atomic mass is 10.1. The second kappa shape index (κ2) is 5.90. The maximum atomic E-state index is 11.0. The minimum atomic E-state index is -1.05. The SMILES string of the molecule is COC(CCc1cccn2cc(C(=O)O)nc12)c1nn[nH]n1. The number of hydrogen-bond donors (Lipinski definition) is 2. The molecule has 22 heavy (non-hydrogen) atoms. The molecule has 0 fully saturated rings. The number of nitrogens with zero attached hydrogens (tertiary/aromatic N) is 5. The third-order valence-corrected chi connectivity index (χ3v) is 3.39. The van der Waals surface area contributed by atoms with Crippen LogP contribution in [0, 0.1) is 0 Å². The van der Waals surface area contributed by atoms with Gasteiger partial charge in [0.2, 0.25) is 5.82 Å². The number of aryl methyl sites for hydroxylation is 1. The quantitative estimate of drug-likeness (QED) is 0.693. The number of aromatic amines is 1. The number of fused-ring (bicyclic) bond motifs is 1. The van der Waals surface area contributed by atoms with Crippen LogP contribution in [0.1, 0.15) is 34.4 Å². The number of pyridine rings is 1. The highest BCUT2D eigenvalue weighted by atomic mass is 16.5. The highest BCUT2D eigenvalue weighted by Gasteiger charge is 2.17. The van der Waals surface area contributed by atoms with Crippen molar-refractivity contribution in [3.8, 4) is 0 Å². The van der Waals surface area contributed by atoms with E-state index in [0.717, 1.165) is 5.56 Å². The number of ether oxygens (including phenoxy) is 1. The molecule has 0 amide bonds. The minimum absolute atomic E-state index is 0.0221. The Balaban J connectivity index is 1.83. The van der Waals surface area contributed by atoms with Crippen molar-refractivity contribution >= 4 is 11.6 Å². The van der Waals surface area contributed by atoms with Crippen molar-refractivity contribution in [3.05, 3.63) is 41.6 Å². The summed E-state index contributed by atoms with van der Waals surface area (Å²) in [6.45, 7) is 0. The molecule has 3 rings (SSSR count). The smallest absolute Gasteiger partial charge is 0.356 e. The summed E-state index contributed by atoms with van der Waals surface area (Å²) in [6.07, 6.45) is 4.26. The van der Waals surface area contributed by atoms with Crippen LogP contribution in [0.2, 0.25) is 0 Å². The van der Waals surface area contributed by atoms with Crippen LogP contribution < -0.4 is 0 Å². The molecule has 0 spiro atoms. The number of H-pyrrole nitrogens is 1. The molecule has 3 aromatic rings. The Kier molecular flexibility index (Phi) is 3.79. The maximum absolute atomic E-state index is 11.0. The molecule has 114 valence electrons. The summed E-state index contributed by atoms with van der Waals surface area (Å²) in [4.78, 5) is 15.2. The number of aromatic carboxylic acids is 1. The van der Waals surface area contributed by atoms with E-state index in [-0.39, 0.29) is 11.8 Å². The Hall–Kier alpha value is -2.81. The molecule has 9 nitrogen and oxygen atoms in total. The lowest BCUT2D eigenvalue weighted by molar-refractivity contribution is 0.0691. The Morgan fingerprint density at radius 2 is 2.41 bits per heavy atom. The molecule has 0 saturated heterocycles. The zero-order chi connectivity index (χ0) is 15.5. The number of aromatic nitrogens is 6. The van der Waals surface area contributed by atoms with Crippen molar-refractivity contribution in [2.24, 2.45) is 0 Å². The van der Waals surface area contributed by atoms with E-state index in [9.17, 15) is 4.79 Å². The number of carbonyl (C=O) groups is 1. The summed E-state index contributed by atoms with van der Waals surface area (Å²) >= 11 is 0. The molecule has 2 N–H and O–H groups in total. The van der Waals surface area contributed by atoms with Gasteiger partial charge in [0, 0.05) is 19.5 Å². The van der Waals surface area contributed by atoms with E-state index in [2.05, 4.69) is 25.6 Å². The summed E-state index contributed by atoms with van der Waals surface area (Å²) in [5.41, 5.74) is 1.58. The fraction of sp³-hybridized carbons (Fsp3) is 0.308. The van der Waals surface area contributed by atoms with Gasteiger partial charge in [-0.15, -0.1) is 10.2 Å². The van der Waals surface area contributed by atoms with Crippen molar-refractivity contribution in [2.75, 3.05) is 7.11 Å². The number of carboxylic acids is 1. The van der Waals surface area contributed by atoms with Crippen LogP contribution in [-0.4, -0.2) is 48.2 Å². The van der Waals surface area contributed by atoms with Gasteiger partial charge in [0.1, 0.15) is 11.8 Å². The summed E-state index contributed by atoms with van der Waals surface area (Å²) in [6, 6.07) is 3.77. The van der Waals surface area contributed by atoms with Crippen molar-refractivity contribution < 1.29 is 14.6 Å². The zero-order valence-corrected chi connectivity index (χ0v) is 11.8. The monoisotopic (exact) mass is 302 g/mol. The molecular weight excluding hydrogens is 288 g/mol. The van der Waals surface area contributed by atoms with Crippen LogP contribution in [0.15, 0.2) is 24.5 Å². The Bertz CT molecular complexity index is 782. The largest absolute Gasteiger partial charge is 0.476 e. The van der Waals surface area contributed by atoms with E-state index in [1.165, 1.54) is 6.20 Å². The van der Waals surface area contributed by atoms with Gasteiger partial charge in [-0.25, -0.2) is 9.78 Å². The standard InChI is InChI=1S/C13H14N6O3/c1-22-10(11-15-17-18-16-11)5-4-8-3-2-6-19-7-9(13(20)21)14-12(8)19/h2-3,6-7,10H,4-5H2,1H3,(H,20,21)(H,15,16,17,18). The lowest BCUT2D eigenvalue weighted by Crippen LogP contribution is -2.06. The summed E-state index contributed by atoms with van der Waals surface area (Å²) in [5, 5.41) is 22.8. The number of rotatable bonds is 6. The first kappa shape index (κ1) is 14.1. The van der Waals surface area contributed by atoms with Crippen LogP contribution in [0.3, 0.4) is 0 Å². The summed E-state index contributed by atoms with van der Waals surface area (Å²) < 4.78 is 7.07. The highest BCUT2D eigenvalue weighted by molar-refractivity contribution is 5.86. The summed E-state index contributed by atoms with van der Waals surface area (Å²) in [5.74, 6) is -0.555. The number of tetrazole rings is 1. The van der Waals surface area contributed by atoms with E-state index >= 15 is 0 Å². The second-order valence-corrected chi connectivity index (χ2v) is 4.73. The molecule has 0 aliphatic carbocycles. The Morgan fingerprint density at radius 1 is 1.55 bits per heavy atom. The van der Waals surface area contributed by atoms with Crippen LogP contribution in [0.4, 0.5) is 0 Å². The van der Waals surface area contributed by atoms with Gasteiger partial charge in [0.05, 0.1) is 0 Å². The van der Waals surface area contributed by atoms with E-state index in [1.807, 2.05) is 12.1 Å². The predicted octanol–water partition coefficient (Wildman–Crippen LogP) is 0.866. The molecule has 0 radical (unpaired) electrons. The average Bonchev–Trinajstić information content (AvgIpc) is 3.17. The molecule has 0 aromatic carbocycles. The molecular formula is C13H14N6O3. The van der Waals surface area contributed by atoms with Crippen molar-refractivity contribution in [3.63, 3.8) is 0 Å². The molecule has 1 unspecified atom stereocenters. The number of methoxy groups -OCH3 is 1. The van der Waals surface area contributed by atoms with Crippen molar-refractivity contribution in [1.82, 2.24) is 30.0 Å². The first-order valence-electron chi connectivity index (χ1n) is 6.65. The number of carboxylic acid groups (broad SMARTS) is 1. The van der Waals surface area contributed by atoms with Gasteiger partial charge < -0.3 is 14.2 Å². The molecule has 9 heteroatoms. The van der Waals surface area contributed by atoms with Gasteiger partial charge in [-0.1, -0.05) is 11.3 Å². The molecule has 1 atom stereocenters. The number of hydrogen-bond acceptors (Lipinski definition) is 6. The van der Waals surface area contributed by atoms with Gasteiger partial charge in [-0.2, -0.15) is 5.21 Å². The first-order chi connectivity index (χ1) is 10.7. The highest BCUT2D eigenvalue weighted by Crippen LogP contribution is 2.20. The first-order valence-corrected chi connectivity index (χ1v) is 6.65. The molecule has 0 aliphatic rings. The fourth-order valence-electron chi connectivity index (χ4n) is 2.31.